The van der Waals surface area contributed by atoms with Crippen LogP contribution in [0.15, 0.2) is 14.7 Å². The van der Waals surface area contributed by atoms with Crippen molar-refractivity contribution in [3.63, 3.8) is 0 Å². The normalized spacial score (nSPS) is 16.2. The maximum Gasteiger partial charge on any atom is 0.245 e. The van der Waals surface area contributed by atoms with Gasteiger partial charge in [-0.3, -0.25) is 0 Å². The van der Waals surface area contributed by atoms with E-state index in [0.717, 1.165) is 37.2 Å². The minimum absolute atomic E-state index is 0.193. The third-order valence-electron chi connectivity index (χ3n) is 3.15. The number of sulfonamides is 1. The Kier molecular flexibility index (Phi) is 5.05. The van der Waals surface area contributed by atoms with Crippen molar-refractivity contribution >= 4 is 37.3 Å². The summed E-state index contributed by atoms with van der Waals surface area (Å²) in [6.07, 6.45) is 3.02. The molecule has 19 heavy (non-hydrogen) atoms. The molecule has 1 N–H and O–H groups in total. The number of halogens is 1. The van der Waals surface area contributed by atoms with Crippen molar-refractivity contribution in [3.8, 4) is 0 Å². The first kappa shape index (κ1) is 15.4. The van der Waals surface area contributed by atoms with Crippen molar-refractivity contribution in [2.45, 2.75) is 43.7 Å². The van der Waals surface area contributed by atoms with Gasteiger partial charge in [-0.05, 0) is 47.8 Å². The Morgan fingerprint density at radius 2 is 2.21 bits per heavy atom. The van der Waals surface area contributed by atoms with Crippen LogP contribution in [0.4, 0.5) is 0 Å². The van der Waals surface area contributed by atoms with Gasteiger partial charge in [-0.25, -0.2) is 8.42 Å². The zero-order valence-corrected chi connectivity index (χ0v) is 14.4. The Hall–Kier alpha value is 0.0500. The summed E-state index contributed by atoms with van der Waals surface area (Å²) in [4.78, 5) is 1.45. The second-order valence-corrected chi connectivity index (χ2v) is 9.20. The summed E-state index contributed by atoms with van der Waals surface area (Å²) in [6, 6.07) is 1.98. The van der Waals surface area contributed by atoms with Gasteiger partial charge in [0, 0.05) is 24.5 Å². The lowest BCUT2D eigenvalue weighted by Crippen LogP contribution is -2.28. The van der Waals surface area contributed by atoms with Gasteiger partial charge in [-0.2, -0.15) is 4.31 Å². The maximum atomic E-state index is 12.5. The number of thiophene rings is 1. The van der Waals surface area contributed by atoms with E-state index < -0.39 is 10.0 Å². The highest BCUT2D eigenvalue weighted by molar-refractivity contribution is 9.11. The summed E-state index contributed by atoms with van der Waals surface area (Å²) in [7, 11) is -1.67. The molecule has 1 aromatic rings. The van der Waals surface area contributed by atoms with Gasteiger partial charge >= 0.3 is 0 Å². The molecule has 0 aliphatic heterocycles. The Balaban J connectivity index is 2.15. The van der Waals surface area contributed by atoms with Crippen molar-refractivity contribution in [1.29, 1.82) is 0 Å². The van der Waals surface area contributed by atoms with E-state index in [9.17, 15) is 8.42 Å². The van der Waals surface area contributed by atoms with E-state index in [0.29, 0.717) is 8.68 Å². The van der Waals surface area contributed by atoms with E-state index in [1.165, 1.54) is 15.6 Å². The lowest BCUT2D eigenvalue weighted by Gasteiger charge is -2.15. The fraction of sp³-hybridized carbons (Fsp3) is 0.667. The third-order valence-corrected chi connectivity index (χ3v) is 7.31. The summed E-state index contributed by atoms with van der Waals surface area (Å²) in [6.45, 7) is 3.77. The summed E-state index contributed by atoms with van der Waals surface area (Å²) in [5.74, 6) is 0. The Labute approximate surface area is 127 Å². The van der Waals surface area contributed by atoms with Crippen LogP contribution in [0.25, 0.3) is 0 Å². The molecule has 0 unspecified atom stereocenters. The van der Waals surface area contributed by atoms with Crippen molar-refractivity contribution in [2.75, 3.05) is 13.6 Å². The fourth-order valence-electron chi connectivity index (χ4n) is 1.84. The van der Waals surface area contributed by atoms with Gasteiger partial charge in [0.2, 0.25) is 10.0 Å². The van der Waals surface area contributed by atoms with E-state index in [1.807, 2.05) is 0 Å². The third kappa shape index (κ3) is 3.58. The van der Waals surface area contributed by atoms with Crippen LogP contribution in [0.3, 0.4) is 0 Å². The smallest absolute Gasteiger partial charge is 0.245 e. The highest BCUT2D eigenvalue weighted by Gasteiger charge is 2.36. The lowest BCUT2D eigenvalue weighted by molar-refractivity contribution is 0.464. The van der Waals surface area contributed by atoms with Crippen LogP contribution in [0.5, 0.6) is 0 Å². The van der Waals surface area contributed by atoms with Crippen LogP contribution in [-0.4, -0.2) is 32.4 Å². The van der Waals surface area contributed by atoms with Crippen LogP contribution in [0.2, 0.25) is 0 Å². The van der Waals surface area contributed by atoms with Gasteiger partial charge in [-0.1, -0.05) is 6.92 Å². The van der Waals surface area contributed by atoms with Crippen molar-refractivity contribution in [3.05, 3.63) is 14.7 Å². The standard InChI is InChI=1S/C12H19BrN2O2S2/c1-3-6-14-8-10-7-11(12(13)18-10)19(16,17)15(2)9-4-5-9/h7,9,14H,3-6,8H2,1-2H3. The molecule has 0 saturated heterocycles. The topological polar surface area (TPSA) is 49.4 Å². The zero-order chi connectivity index (χ0) is 14.0. The molecule has 4 nitrogen and oxygen atoms in total. The molecule has 0 atom stereocenters. The molecular formula is C12H19BrN2O2S2. The molecule has 1 aliphatic carbocycles. The molecule has 0 bridgehead atoms. The Bertz CT molecular complexity index is 538. The number of nitrogens with one attached hydrogen (secondary N) is 1. The van der Waals surface area contributed by atoms with Crippen LogP contribution in [0.1, 0.15) is 31.1 Å². The summed E-state index contributed by atoms with van der Waals surface area (Å²) in [5.41, 5.74) is 0. The molecule has 7 heteroatoms. The Morgan fingerprint density at radius 3 is 2.79 bits per heavy atom. The van der Waals surface area contributed by atoms with Crippen LogP contribution >= 0.6 is 27.3 Å². The lowest BCUT2D eigenvalue weighted by atomic mass is 10.4. The molecule has 1 fully saturated rings. The average Bonchev–Trinajstić information content (AvgIpc) is 3.13. The van der Waals surface area contributed by atoms with Gasteiger partial charge in [0.05, 0.1) is 3.79 Å². The second-order valence-electron chi connectivity index (χ2n) is 4.78. The molecular weight excluding hydrogens is 348 g/mol. The first-order valence-electron chi connectivity index (χ1n) is 6.43. The Morgan fingerprint density at radius 1 is 1.53 bits per heavy atom. The fourth-order valence-corrected chi connectivity index (χ4v) is 5.85. The average molecular weight is 367 g/mol. The number of nitrogens with zero attached hydrogens (tertiary/aromatic N) is 1. The van der Waals surface area contributed by atoms with E-state index in [-0.39, 0.29) is 6.04 Å². The number of hydrogen-bond donors (Lipinski definition) is 1. The molecule has 0 amide bonds. The predicted molar refractivity (Wildman–Crippen MR) is 82.0 cm³/mol. The van der Waals surface area contributed by atoms with E-state index in [4.69, 9.17) is 0 Å². The van der Waals surface area contributed by atoms with E-state index >= 15 is 0 Å². The molecule has 0 radical (unpaired) electrons. The predicted octanol–water partition coefficient (Wildman–Crippen LogP) is 2.79. The van der Waals surface area contributed by atoms with Gasteiger partial charge < -0.3 is 5.32 Å². The molecule has 0 aromatic carbocycles. The maximum absolute atomic E-state index is 12.5. The minimum atomic E-state index is -3.35. The molecule has 2 rings (SSSR count). The van der Waals surface area contributed by atoms with Crippen LogP contribution < -0.4 is 5.32 Å². The highest BCUT2D eigenvalue weighted by Crippen LogP contribution is 2.37. The van der Waals surface area contributed by atoms with E-state index in [1.54, 1.807) is 13.1 Å². The van der Waals surface area contributed by atoms with Crippen molar-refractivity contribution in [2.24, 2.45) is 0 Å². The van der Waals surface area contributed by atoms with Gasteiger partial charge in [0.1, 0.15) is 4.90 Å². The zero-order valence-electron chi connectivity index (χ0n) is 11.1. The van der Waals surface area contributed by atoms with Gasteiger partial charge in [0.25, 0.3) is 0 Å². The second kappa shape index (κ2) is 6.22. The monoisotopic (exact) mass is 366 g/mol. The largest absolute Gasteiger partial charge is 0.312 e. The van der Waals surface area contributed by atoms with Crippen molar-refractivity contribution in [1.82, 2.24) is 9.62 Å². The number of rotatable bonds is 7. The summed E-state index contributed by atoms with van der Waals surface area (Å²) < 4.78 is 27.1. The minimum Gasteiger partial charge on any atom is -0.312 e. The molecule has 108 valence electrons. The molecule has 0 spiro atoms. The number of hydrogen-bond acceptors (Lipinski definition) is 4. The van der Waals surface area contributed by atoms with Crippen LogP contribution in [-0.2, 0) is 16.6 Å². The van der Waals surface area contributed by atoms with Gasteiger partial charge in [-0.15, -0.1) is 11.3 Å². The summed E-state index contributed by atoms with van der Waals surface area (Å²) >= 11 is 4.87. The first-order chi connectivity index (χ1) is 8.96. The molecule has 1 aromatic heterocycles. The van der Waals surface area contributed by atoms with Crippen LogP contribution in [0, 0.1) is 0 Å². The first-order valence-corrected chi connectivity index (χ1v) is 9.48. The highest BCUT2D eigenvalue weighted by atomic mass is 79.9. The molecule has 1 saturated carbocycles. The quantitative estimate of drug-likeness (QED) is 0.754. The molecule has 1 heterocycles. The SMILES string of the molecule is CCCNCc1cc(S(=O)(=O)N(C)C2CC2)c(Br)s1. The molecule has 1 aliphatic rings. The van der Waals surface area contributed by atoms with Gasteiger partial charge in [0.15, 0.2) is 0 Å². The van der Waals surface area contributed by atoms with E-state index in [2.05, 4.69) is 28.2 Å². The van der Waals surface area contributed by atoms with Crippen molar-refractivity contribution < 1.29 is 8.42 Å². The summed E-state index contributed by atoms with van der Waals surface area (Å²) in [5, 5.41) is 3.29.